The van der Waals surface area contributed by atoms with Gasteiger partial charge in [-0.25, -0.2) is 0 Å². The summed E-state index contributed by atoms with van der Waals surface area (Å²) in [5.74, 6) is 1.59. The Labute approximate surface area is 131 Å². The number of unbranched alkanes of at least 4 members (excludes halogenated alkanes) is 1. The van der Waals surface area contributed by atoms with Gasteiger partial charge in [0.25, 0.3) is 0 Å². The van der Waals surface area contributed by atoms with Crippen molar-refractivity contribution in [2.24, 2.45) is 5.92 Å². The van der Waals surface area contributed by atoms with Crippen LogP contribution in [0, 0.1) is 5.92 Å². The molecular weight excluding hydrogens is 284 g/mol. The second-order valence-corrected chi connectivity index (χ2v) is 7.18. The molecule has 2 heterocycles. The maximum Gasteiger partial charge on any atom is 0.238 e. The largest absolute Gasteiger partial charge is 0.371 e. The van der Waals surface area contributed by atoms with Crippen LogP contribution in [0.4, 0.5) is 11.1 Å². The van der Waals surface area contributed by atoms with E-state index in [0.29, 0.717) is 12.2 Å². The van der Waals surface area contributed by atoms with Gasteiger partial charge in [-0.3, -0.25) is 0 Å². The van der Waals surface area contributed by atoms with E-state index >= 15 is 0 Å². The highest BCUT2D eigenvalue weighted by molar-refractivity contribution is 7.09. The fourth-order valence-electron chi connectivity index (χ4n) is 2.86. The summed E-state index contributed by atoms with van der Waals surface area (Å²) in [6, 6.07) is 0. The molecule has 1 aliphatic heterocycles. The van der Waals surface area contributed by atoms with Crippen LogP contribution in [0.5, 0.6) is 0 Å². The number of ether oxygens (including phenoxy) is 1. The molecule has 0 bridgehead atoms. The van der Waals surface area contributed by atoms with Crippen molar-refractivity contribution in [1.29, 1.82) is 0 Å². The smallest absolute Gasteiger partial charge is 0.238 e. The van der Waals surface area contributed by atoms with Gasteiger partial charge in [-0.05, 0) is 25.2 Å². The number of hydrogen-bond donors (Lipinski definition) is 0. The summed E-state index contributed by atoms with van der Waals surface area (Å²) in [6.45, 7) is 4.19. The van der Waals surface area contributed by atoms with Crippen LogP contribution >= 0.6 is 11.5 Å². The molecule has 6 heteroatoms. The third-order valence-electron chi connectivity index (χ3n) is 4.29. The van der Waals surface area contributed by atoms with E-state index in [1.54, 1.807) is 0 Å². The van der Waals surface area contributed by atoms with Crippen molar-refractivity contribution in [3.05, 3.63) is 0 Å². The lowest BCUT2D eigenvalue weighted by Crippen LogP contribution is -2.48. The third-order valence-corrected chi connectivity index (χ3v) is 5.06. The van der Waals surface area contributed by atoms with E-state index in [-0.39, 0.29) is 0 Å². The molecule has 0 aromatic carbocycles. The summed E-state index contributed by atoms with van der Waals surface area (Å²) < 4.78 is 10.8. The molecule has 21 heavy (non-hydrogen) atoms. The van der Waals surface area contributed by atoms with Crippen molar-refractivity contribution in [3.8, 4) is 0 Å². The van der Waals surface area contributed by atoms with Gasteiger partial charge in [-0.15, -0.1) is 0 Å². The molecule has 0 N–H and O–H groups in total. The fourth-order valence-corrected chi connectivity index (χ4v) is 3.62. The quantitative estimate of drug-likeness (QED) is 0.808. The van der Waals surface area contributed by atoms with E-state index in [4.69, 9.17) is 4.74 Å². The Morgan fingerprint density at radius 3 is 2.76 bits per heavy atom. The van der Waals surface area contributed by atoms with E-state index in [1.807, 2.05) is 19.0 Å². The first-order valence-electron chi connectivity index (χ1n) is 8.08. The van der Waals surface area contributed by atoms with Crippen LogP contribution in [0.2, 0.25) is 0 Å². The monoisotopic (exact) mass is 310 g/mol. The summed E-state index contributed by atoms with van der Waals surface area (Å²) in [5, 5.41) is 1.05. The second kappa shape index (κ2) is 6.48. The lowest BCUT2D eigenvalue weighted by Gasteiger charge is -2.38. The normalized spacial score (nSPS) is 26.1. The second-order valence-electron chi connectivity index (χ2n) is 6.45. The van der Waals surface area contributed by atoms with Crippen LogP contribution in [0.1, 0.15) is 39.0 Å². The topological polar surface area (TPSA) is 41.5 Å². The standard InChI is InChI=1S/C15H26N4OS/c1-4-5-6-12-9-19(10-13(20-12)11-7-8-11)15-16-14(17-21-15)18(2)3/h11-13H,4-10H2,1-3H3/t12-,13-/m1/s1. The van der Waals surface area contributed by atoms with Gasteiger partial charge in [0.1, 0.15) is 0 Å². The number of aromatic nitrogens is 2. The van der Waals surface area contributed by atoms with Gasteiger partial charge >= 0.3 is 0 Å². The predicted octanol–water partition coefficient (Wildman–Crippen LogP) is 2.78. The Morgan fingerprint density at radius 1 is 1.33 bits per heavy atom. The average molecular weight is 310 g/mol. The van der Waals surface area contributed by atoms with Crippen LogP contribution in [0.25, 0.3) is 0 Å². The Balaban J connectivity index is 1.69. The van der Waals surface area contributed by atoms with Crippen molar-refractivity contribution in [1.82, 2.24) is 9.36 Å². The maximum atomic E-state index is 6.32. The predicted molar refractivity (Wildman–Crippen MR) is 87.4 cm³/mol. The molecule has 0 unspecified atom stereocenters. The first kappa shape index (κ1) is 15.0. The SMILES string of the molecule is CCCC[C@@H]1CN(c2nc(N(C)C)ns2)C[C@H](C2CC2)O1. The molecule has 118 valence electrons. The molecule has 1 aromatic heterocycles. The number of hydrogen-bond acceptors (Lipinski definition) is 6. The van der Waals surface area contributed by atoms with Gasteiger partial charge in [0, 0.05) is 38.7 Å². The van der Waals surface area contributed by atoms with Gasteiger partial charge in [0.15, 0.2) is 0 Å². The summed E-state index contributed by atoms with van der Waals surface area (Å²) >= 11 is 1.51. The number of rotatable bonds is 6. The fraction of sp³-hybridized carbons (Fsp3) is 0.867. The van der Waals surface area contributed by atoms with Crippen molar-refractivity contribution >= 4 is 22.6 Å². The van der Waals surface area contributed by atoms with E-state index in [1.165, 1.54) is 37.2 Å². The highest BCUT2D eigenvalue weighted by Crippen LogP contribution is 2.38. The number of anilines is 2. The molecule has 2 fully saturated rings. The molecule has 1 saturated heterocycles. The van der Waals surface area contributed by atoms with Gasteiger partial charge in [0.05, 0.1) is 12.2 Å². The van der Waals surface area contributed by atoms with Crippen LogP contribution in [0.15, 0.2) is 0 Å². The minimum atomic E-state index is 0.357. The third kappa shape index (κ3) is 3.66. The summed E-state index contributed by atoms with van der Waals surface area (Å²) in [7, 11) is 3.98. The lowest BCUT2D eigenvalue weighted by molar-refractivity contribution is -0.0409. The van der Waals surface area contributed by atoms with E-state index in [2.05, 4.69) is 21.2 Å². The van der Waals surface area contributed by atoms with E-state index < -0.39 is 0 Å². The van der Waals surface area contributed by atoms with Gasteiger partial charge in [0.2, 0.25) is 11.1 Å². The zero-order chi connectivity index (χ0) is 14.8. The molecule has 1 aliphatic carbocycles. The Morgan fingerprint density at radius 2 is 2.14 bits per heavy atom. The zero-order valence-corrected chi connectivity index (χ0v) is 14.1. The maximum absolute atomic E-state index is 6.32. The Kier molecular flexibility index (Phi) is 4.64. The molecule has 0 spiro atoms. The Bertz CT molecular complexity index is 460. The Hall–Kier alpha value is -0.880. The van der Waals surface area contributed by atoms with Crippen molar-refractivity contribution in [3.63, 3.8) is 0 Å². The highest BCUT2D eigenvalue weighted by Gasteiger charge is 2.39. The number of morpholine rings is 1. The summed E-state index contributed by atoms with van der Waals surface area (Å²) in [4.78, 5) is 9.03. The van der Waals surface area contributed by atoms with Crippen LogP contribution in [-0.4, -0.2) is 48.8 Å². The van der Waals surface area contributed by atoms with Crippen molar-refractivity contribution in [2.45, 2.75) is 51.2 Å². The van der Waals surface area contributed by atoms with E-state index in [0.717, 1.165) is 36.5 Å². The van der Waals surface area contributed by atoms with Crippen molar-refractivity contribution < 1.29 is 4.74 Å². The summed E-state index contributed by atoms with van der Waals surface area (Å²) in [5.41, 5.74) is 0. The molecule has 0 amide bonds. The van der Waals surface area contributed by atoms with Crippen molar-refractivity contribution in [2.75, 3.05) is 37.0 Å². The molecule has 2 atom stereocenters. The van der Waals surface area contributed by atoms with E-state index in [9.17, 15) is 0 Å². The van der Waals surface area contributed by atoms with Gasteiger partial charge in [-0.2, -0.15) is 9.36 Å². The molecule has 1 saturated carbocycles. The van der Waals surface area contributed by atoms with Crippen LogP contribution in [-0.2, 0) is 4.74 Å². The molecule has 1 aromatic rings. The minimum Gasteiger partial charge on any atom is -0.371 e. The molecule has 3 rings (SSSR count). The molecule has 0 radical (unpaired) electrons. The van der Waals surface area contributed by atoms with Crippen LogP contribution < -0.4 is 9.80 Å². The average Bonchev–Trinajstić information content (AvgIpc) is 3.21. The molecule has 2 aliphatic rings. The summed E-state index contributed by atoms with van der Waals surface area (Å²) in [6.07, 6.45) is 7.06. The highest BCUT2D eigenvalue weighted by atomic mass is 32.1. The van der Waals surface area contributed by atoms with Gasteiger partial charge in [-0.1, -0.05) is 19.8 Å². The first-order valence-corrected chi connectivity index (χ1v) is 8.86. The van der Waals surface area contributed by atoms with Gasteiger partial charge < -0.3 is 14.5 Å². The first-order chi connectivity index (χ1) is 10.2. The lowest BCUT2D eigenvalue weighted by atomic mass is 10.1. The minimum absolute atomic E-state index is 0.357. The zero-order valence-electron chi connectivity index (χ0n) is 13.3. The van der Waals surface area contributed by atoms with Crippen LogP contribution in [0.3, 0.4) is 0 Å². The molecular formula is C15H26N4OS. The number of nitrogens with zero attached hydrogens (tertiary/aromatic N) is 4. The molecule has 5 nitrogen and oxygen atoms in total.